The average molecular weight is 518 g/mol. The van der Waals surface area contributed by atoms with Crippen molar-refractivity contribution in [3.05, 3.63) is 60.1 Å². The van der Waals surface area contributed by atoms with E-state index in [1.807, 2.05) is 42.5 Å². The summed E-state index contributed by atoms with van der Waals surface area (Å²) < 4.78 is 11.8. The second kappa shape index (κ2) is 12.4. The van der Waals surface area contributed by atoms with Crippen LogP contribution in [-0.4, -0.2) is 53.7 Å². The number of piperidine rings is 1. The van der Waals surface area contributed by atoms with Gasteiger partial charge < -0.3 is 14.8 Å². The molecule has 1 saturated carbocycles. The standard InChI is InChI=1S/C30H37N4O4/c1-37-27-15-11-23(19-28(27)38-25-7-3-4-8-25)26-14-16-30(36)34(32-26)20-22-9-12-24(13-10-22)31-29(35)21-33-17-5-2-6-18-33/h9-13,15,17,19,25H,2-8,14,16,18,20-21H2,1H3,(H,31,35). The average Bonchev–Trinajstić information content (AvgIpc) is 3.45. The smallest absolute Gasteiger partial charge is 0.243 e. The fraction of sp³-hybridized carbons (Fsp3) is 0.467. The molecule has 8 heteroatoms. The van der Waals surface area contributed by atoms with Gasteiger partial charge >= 0.3 is 0 Å². The molecule has 2 heterocycles. The van der Waals surface area contributed by atoms with Crippen LogP contribution in [0.5, 0.6) is 11.5 Å². The number of likely N-dealkylation sites (tertiary alicyclic amines) is 1. The monoisotopic (exact) mass is 517 g/mol. The van der Waals surface area contributed by atoms with E-state index in [0.29, 0.717) is 31.7 Å². The third kappa shape index (κ3) is 6.72. The fourth-order valence-corrected chi connectivity index (χ4v) is 5.28. The Hall–Kier alpha value is -3.39. The van der Waals surface area contributed by atoms with Crippen LogP contribution in [0.15, 0.2) is 47.6 Å². The highest BCUT2D eigenvalue weighted by atomic mass is 16.5. The van der Waals surface area contributed by atoms with Crippen LogP contribution < -0.4 is 14.8 Å². The molecule has 1 saturated heterocycles. The van der Waals surface area contributed by atoms with Crippen LogP contribution in [0.25, 0.3) is 0 Å². The van der Waals surface area contributed by atoms with Crippen molar-refractivity contribution in [2.75, 3.05) is 25.5 Å². The third-order valence-electron chi connectivity index (χ3n) is 7.40. The molecule has 0 aromatic heterocycles. The quantitative estimate of drug-likeness (QED) is 0.499. The number of ether oxygens (including phenoxy) is 2. The van der Waals surface area contributed by atoms with Crippen LogP contribution in [0.2, 0.25) is 0 Å². The van der Waals surface area contributed by atoms with Crippen molar-refractivity contribution in [3.63, 3.8) is 0 Å². The van der Waals surface area contributed by atoms with E-state index in [9.17, 15) is 9.59 Å². The predicted molar refractivity (Wildman–Crippen MR) is 147 cm³/mol. The van der Waals surface area contributed by atoms with Crippen LogP contribution >= 0.6 is 0 Å². The van der Waals surface area contributed by atoms with Gasteiger partial charge in [-0.25, -0.2) is 5.01 Å². The molecule has 2 aromatic rings. The van der Waals surface area contributed by atoms with Crippen molar-refractivity contribution in [1.82, 2.24) is 9.91 Å². The van der Waals surface area contributed by atoms with E-state index < -0.39 is 0 Å². The Morgan fingerprint density at radius 2 is 1.84 bits per heavy atom. The van der Waals surface area contributed by atoms with E-state index in [4.69, 9.17) is 14.6 Å². The van der Waals surface area contributed by atoms with Crippen LogP contribution in [0.4, 0.5) is 5.69 Å². The molecule has 8 nitrogen and oxygen atoms in total. The highest BCUT2D eigenvalue weighted by molar-refractivity contribution is 6.04. The minimum atomic E-state index is -0.0212. The SMILES string of the molecule is COc1ccc(C2=NN(Cc3ccc(NC(=O)CN4[CH]CCCC4)cc3)C(=O)CC2)cc1OC1CCCC1. The van der Waals surface area contributed by atoms with Gasteiger partial charge in [0.05, 0.1) is 32.0 Å². The first-order valence-electron chi connectivity index (χ1n) is 13.8. The maximum Gasteiger partial charge on any atom is 0.243 e. The molecule has 1 N–H and O–H groups in total. The van der Waals surface area contributed by atoms with Gasteiger partial charge in [-0.3, -0.25) is 14.5 Å². The molecule has 1 aliphatic carbocycles. The van der Waals surface area contributed by atoms with Crippen LogP contribution in [0.3, 0.4) is 0 Å². The van der Waals surface area contributed by atoms with Crippen LogP contribution in [0.1, 0.15) is 68.9 Å². The summed E-state index contributed by atoms with van der Waals surface area (Å²) in [6.07, 6.45) is 9.10. The predicted octanol–water partition coefficient (Wildman–Crippen LogP) is 5.13. The maximum absolute atomic E-state index is 12.7. The Balaban J connectivity index is 1.23. The van der Waals surface area contributed by atoms with Crippen molar-refractivity contribution < 1.29 is 19.1 Å². The second-order valence-electron chi connectivity index (χ2n) is 10.3. The van der Waals surface area contributed by atoms with E-state index in [0.717, 1.165) is 60.5 Å². The molecule has 38 heavy (non-hydrogen) atoms. The molecule has 201 valence electrons. The summed E-state index contributed by atoms with van der Waals surface area (Å²) >= 11 is 0. The minimum Gasteiger partial charge on any atom is -0.493 e. The van der Waals surface area contributed by atoms with Crippen molar-refractivity contribution in [3.8, 4) is 11.5 Å². The van der Waals surface area contributed by atoms with Crippen LogP contribution in [-0.2, 0) is 16.1 Å². The van der Waals surface area contributed by atoms with Gasteiger partial charge in [0.25, 0.3) is 0 Å². The number of rotatable bonds is 9. The summed E-state index contributed by atoms with van der Waals surface area (Å²) in [7, 11) is 1.65. The first-order valence-corrected chi connectivity index (χ1v) is 13.8. The summed E-state index contributed by atoms with van der Waals surface area (Å²) in [5.41, 5.74) is 3.51. The zero-order chi connectivity index (χ0) is 26.3. The first kappa shape index (κ1) is 26.2. The van der Waals surface area contributed by atoms with E-state index in [1.54, 1.807) is 12.1 Å². The van der Waals surface area contributed by atoms with Crippen LogP contribution in [0, 0.1) is 6.54 Å². The third-order valence-corrected chi connectivity index (χ3v) is 7.40. The number of amides is 2. The molecule has 1 radical (unpaired) electrons. The lowest BCUT2D eigenvalue weighted by Crippen LogP contribution is -2.34. The molecule has 0 unspecified atom stereocenters. The lowest BCUT2D eigenvalue weighted by atomic mass is 10.0. The Morgan fingerprint density at radius 1 is 1.03 bits per heavy atom. The van der Waals surface area contributed by atoms with Crippen molar-refractivity contribution in [1.29, 1.82) is 0 Å². The Morgan fingerprint density at radius 3 is 2.58 bits per heavy atom. The number of hydrogen-bond donors (Lipinski definition) is 1. The maximum atomic E-state index is 12.7. The summed E-state index contributed by atoms with van der Waals surface area (Å²) in [4.78, 5) is 27.2. The first-order chi connectivity index (χ1) is 18.6. The van der Waals surface area contributed by atoms with E-state index in [2.05, 4.69) is 16.8 Å². The van der Waals surface area contributed by atoms with Gasteiger partial charge in [-0.1, -0.05) is 18.6 Å². The number of carbonyl (C=O) groups is 2. The second-order valence-corrected chi connectivity index (χ2v) is 10.3. The number of carbonyl (C=O) groups excluding carboxylic acids is 2. The lowest BCUT2D eigenvalue weighted by molar-refractivity contribution is -0.132. The van der Waals surface area contributed by atoms with Gasteiger partial charge in [0.2, 0.25) is 11.8 Å². The van der Waals surface area contributed by atoms with Gasteiger partial charge in [-0.05, 0) is 81.0 Å². The number of anilines is 1. The summed E-state index contributed by atoms with van der Waals surface area (Å²) in [6, 6.07) is 13.5. The van der Waals surface area contributed by atoms with Gasteiger partial charge in [0, 0.05) is 30.6 Å². The minimum absolute atomic E-state index is 0.000137. The number of hydrogen-bond acceptors (Lipinski definition) is 6. The molecule has 3 aliphatic rings. The Bertz CT molecular complexity index is 1150. The lowest BCUT2D eigenvalue weighted by Gasteiger charge is -2.25. The molecular formula is C30H37N4O4. The number of nitrogens with zero attached hydrogens (tertiary/aromatic N) is 3. The molecule has 2 amide bonds. The zero-order valence-corrected chi connectivity index (χ0v) is 22.2. The largest absolute Gasteiger partial charge is 0.493 e. The number of methoxy groups -OCH3 is 1. The zero-order valence-electron chi connectivity index (χ0n) is 22.2. The topological polar surface area (TPSA) is 83.5 Å². The molecule has 0 spiro atoms. The summed E-state index contributed by atoms with van der Waals surface area (Å²) in [6.45, 7) is 3.80. The summed E-state index contributed by atoms with van der Waals surface area (Å²) in [5, 5.41) is 9.23. The number of nitrogens with one attached hydrogen (secondary N) is 1. The highest BCUT2D eigenvalue weighted by Gasteiger charge is 2.24. The summed E-state index contributed by atoms with van der Waals surface area (Å²) in [5.74, 6) is 1.43. The van der Waals surface area contributed by atoms with Crippen molar-refractivity contribution >= 4 is 23.2 Å². The molecule has 5 rings (SSSR count). The van der Waals surface area contributed by atoms with Gasteiger partial charge in [0.15, 0.2) is 11.5 Å². The number of hydrazone groups is 1. The molecule has 0 atom stereocenters. The normalized spacial score (nSPS) is 18.8. The molecular weight excluding hydrogens is 480 g/mol. The van der Waals surface area contributed by atoms with Crippen molar-refractivity contribution in [2.45, 2.75) is 70.4 Å². The fourth-order valence-electron chi connectivity index (χ4n) is 5.28. The van der Waals surface area contributed by atoms with Gasteiger partial charge in [0.1, 0.15) is 0 Å². The van der Waals surface area contributed by atoms with E-state index in [1.165, 1.54) is 19.3 Å². The van der Waals surface area contributed by atoms with Gasteiger partial charge in [-0.15, -0.1) is 0 Å². The van der Waals surface area contributed by atoms with Crippen molar-refractivity contribution in [2.24, 2.45) is 5.10 Å². The highest BCUT2D eigenvalue weighted by Crippen LogP contribution is 2.33. The van der Waals surface area contributed by atoms with Gasteiger partial charge in [-0.2, -0.15) is 5.10 Å². The molecule has 2 aromatic carbocycles. The van der Waals surface area contributed by atoms with E-state index >= 15 is 0 Å². The molecule has 2 fully saturated rings. The molecule has 0 bridgehead atoms. The Kier molecular flexibility index (Phi) is 8.58. The number of benzene rings is 2. The Labute approximate surface area is 225 Å². The molecule has 2 aliphatic heterocycles. The van der Waals surface area contributed by atoms with E-state index in [-0.39, 0.29) is 17.9 Å².